The lowest BCUT2D eigenvalue weighted by Gasteiger charge is -2.18. The van der Waals surface area contributed by atoms with Gasteiger partial charge in [-0.05, 0) is 46.0 Å². The average molecular weight is 683 g/mol. The second kappa shape index (κ2) is 11.6. The maximum Gasteiger partial charge on any atom is 0.164 e. The Kier molecular flexibility index (Phi) is 6.58. The van der Waals surface area contributed by atoms with Crippen molar-refractivity contribution < 1.29 is 0 Å². The van der Waals surface area contributed by atoms with E-state index in [4.69, 9.17) is 15.0 Å². The molecule has 3 heterocycles. The Morgan fingerprint density at radius 2 is 1.15 bits per heavy atom. The lowest BCUT2D eigenvalue weighted by molar-refractivity contribution is 0.883. The van der Waals surface area contributed by atoms with Crippen LogP contribution in [0.4, 0.5) is 0 Å². The number of benzene rings is 7. The summed E-state index contributed by atoms with van der Waals surface area (Å²) in [5.41, 5.74) is 7.81. The average Bonchev–Trinajstić information content (AvgIpc) is 3.77. The molecule has 7 aromatic carbocycles. The number of rotatable bonds is 4. The molecule has 244 valence electrons. The van der Waals surface area contributed by atoms with Gasteiger partial charge < -0.3 is 4.57 Å². The molecule has 11 rings (SSSR count). The Morgan fingerprint density at radius 3 is 1.94 bits per heavy atom. The summed E-state index contributed by atoms with van der Waals surface area (Å²) in [7, 11) is 0. The number of para-hydroxylation sites is 1. The molecule has 2 aromatic heterocycles. The zero-order valence-electron chi connectivity index (χ0n) is 28.0. The molecule has 0 spiro atoms. The summed E-state index contributed by atoms with van der Waals surface area (Å²) < 4.78 is 2.48. The fourth-order valence-corrected chi connectivity index (χ4v) is 9.72. The van der Waals surface area contributed by atoms with Crippen molar-refractivity contribution in [1.82, 2.24) is 19.5 Å². The molecule has 0 fully saturated rings. The Bertz CT molecular complexity index is 2890. The second-order valence-electron chi connectivity index (χ2n) is 13.5. The molecule has 9 aromatic rings. The molecule has 0 N–H and O–H groups in total. The van der Waals surface area contributed by atoms with Crippen molar-refractivity contribution in [2.24, 2.45) is 0 Å². The highest BCUT2D eigenvalue weighted by Gasteiger charge is 2.35. The zero-order valence-corrected chi connectivity index (χ0v) is 28.8. The van der Waals surface area contributed by atoms with Gasteiger partial charge in [-0.2, -0.15) is 0 Å². The monoisotopic (exact) mass is 682 g/mol. The first-order valence-electron chi connectivity index (χ1n) is 17.7. The van der Waals surface area contributed by atoms with E-state index in [-0.39, 0.29) is 5.92 Å². The zero-order chi connectivity index (χ0) is 34.2. The van der Waals surface area contributed by atoms with Crippen LogP contribution in [0.25, 0.3) is 83.2 Å². The van der Waals surface area contributed by atoms with Gasteiger partial charge in [0, 0.05) is 48.9 Å². The Balaban J connectivity index is 1.25. The van der Waals surface area contributed by atoms with Crippen LogP contribution in [0.5, 0.6) is 0 Å². The first-order chi connectivity index (χ1) is 25.8. The predicted molar refractivity (Wildman–Crippen MR) is 216 cm³/mol. The summed E-state index contributed by atoms with van der Waals surface area (Å²) in [6, 6.07) is 51.7. The SMILES string of the molecule is C1=CC2Sc3c(cc(-c4nc(-c5ccccc5)nc(-c5ccccc5)n4)c4cccc(-n5c6ccccc6c6c7ccccc7ccc65)c34)C2C=C1. The van der Waals surface area contributed by atoms with E-state index in [0.717, 1.165) is 27.8 Å². The van der Waals surface area contributed by atoms with Crippen molar-refractivity contribution in [3.63, 3.8) is 0 Å². The van der Waals surface area contributed by atoms with Crippen molar-refractivity contribution in [2.45, 2.75) is 16.1 Å². The first kappa shape index (κ1) is 29.4. The van der Waals surface area contributed by atoms with Crippen LogP contribution >= 0.6 is 11.8 Å². The first-order valence-corrected chi connectivity index (χ1v) is 18.6. The van der Waals surface area contributed by atoms with E-state index in [1.807, 2.05) is 48.2 Å². The van der Waals surface area contributed by atoms with Gasteiger partial charge >= 0.3 is 0 Å². The number of hydrogen-bond donors (Lipinski definition) is 0. The summed E-state index contributed by atoms with van der Waals surface area (Å²) in [6.45, 7) is 0. The number of fused-ring (bicyclic) bond motifs is 10. The van der Waals surface area contributed by atoms with Crippen LogP contribution in [-0.2, 0) is 0 Å². The molecule has 1 aliphatic carbocycles. The van der Waals surface area contributed by atoms with Crippen LogP contribution in [0.15, 0.2) is 175 Å². The minimum Gasteiger partial charge on any atom is -0.309 e. The minimum atomic E-state index is 0.257. The third kappa shape index (κ3) is 4.46. The van der Waals surface area contributed by atoms with Gasteiger partial charge in [0.25, 0.3) is 0 Å². The van der Waals surface area contributed by atoms with Crippen LogP contribution in [0.3, 0.4) is 0 Å². The van der Waals surface area contributed by atoms with Gasteiger partial charge in [0.2, 0.25) is 0 Å². The van der Waals surface area contributed by atoms with E-state index in [1.54, 1.807) is 0 Å². The number of nitrogens with zero attached hydrogens (tertiary/aromatic N) is 4. The fraction of sp³-hybridized carbons (Fsp3) is 0.0426. The summed E-state index contributed by atoms with van der Waals surface area (Å²) in [4.78, 5) is 16.8. The lowest BCUT2D eigenvalue weighted by atomic mass is 9.88. The second-order valence-corrected chi connectivity index (χ2v) is 14.7. The summed E-state index contributed by atoms with van der Waals surface area (Å²) in [6.07, 6.45) is 9.08. The van der Waals surface area contributed by atoms with Crippen LogP contribution in [0.2, 0.25) is 0 Å². The number of aromatic nitrogens is 4. The number of allylic oxidation sites excluding steroid dienone is 3. The molecule has 0 bridgehead atoms. The Hall–Kier alpha value is -6.30. The number of thioether (sulfide) groups is 1. The van der Waals surface area contributed by atoms with Crippen molar-refractivity contribution >= 4 is 55.1 Å². The van der Waals surface area contributed by atoms with Crippen LogP contribution < -0.4 is 0 Å². The van der Waals surface area contributed by atoms with E-state index < -0.39 is 0 Å². The van der Waals surface area contributed by atoms with Gasteiger partial charge in [-0.25, -0.2) is 15.0 Å². The maximum atomic E-state index is 5.24. The normalized spacial score (nSPS) is 16.2. The van der Waals surface area contributed by atoms with Crippen LogP contribution in [0.1, 0.15) is 11.5 Å². The predicted octanol–water partition coefficient (Wildman–Crippen LogP) is 12.0. The molecule has 2 unspecified atom stereocenters. The van der Waals surface area contributed by atoms with Gasteiger partial charge in [-0.3, -0.25) is 0 Å². The van der Waals surface area contributed by atoms with Crippen LogP contribution in [-0.4, -0.2) is 24.8 Å². The highest BCUT2D eigenvalue weighted by Crippen LogP contribution is 2.54. The molecule has 0 saturated heterocycles. The lowest BCUT2D eigenvalue weighted by Crippen LogP contribution is -2.07. The quantitative estimate of drug-likeness (QED) is 0.185. The topological polar surface area (TPSA) is 43.6 Å². The Labute approximate surface area is 304 Å². The maximum absolute atomic E-state index is 5.24. The minimum absolute atomic E-state index is 0.257. The van der Waals surface area contributed by atoms with Gasteiger partial charge in [0.05, 0.1) is 16.7 Å². The van der Waals surface area contributed by atoms with E-state index in [0.29, 0.717) is 22.7 Å². The van der Waals surface area contributed by atoms with Gasteiger partial charge in [0.15, 0.2) is 17.5 Å². The summed E-state index contributed by atoms with van der Waals surface area (Å²) in [5.74, 6) is 2.26. The van der Waals surface area contributed by atoms with E-state index >= 15 is 0 Å². The van der Waals surface area contributed by atoms with Gasteiger partial charge in [0.1, 0.15) is 0 Å². The van der Waals surface area contributed by atoms with Crippen molar-refractivity contribution in [3.05, 3.63) is 175 Å². The molecule has 1 aliphatic heterocycles. The highest BCUT2D eigenvalue weighted by molar-refractivity contribution is 8.00. The Morgan fingerprint density at radius 1 is 0.500 bits per heavy atom. The van der Waals surface area contributed by atoms with Gasteiger partial charge in [-0.1, -0.05) is 146 Å². The largest absolute Gasteiger partial charge is 0.309 e. The fourth-order valence-electron chi connectivity index (χ4n) is 8.24. The summed E-state index contributed by atoms with van der Waals surface area (Å²) in [5, 5.41) is 7.74. The number of hydrogen-bond acceptors (Lipinski definition) is 4. The molecule has 4 nitrogen and oxygen atoms in total. The van der Waals surface area contributed by atoms with E-state index in [9.17, 15) is 0 Å². The van der Waals surface area contributed by atoms with Crippen LogP contribution in [0, 0.1) is 0 Å². The molecular weight excluding hydrogens is 653 g/mol. The van der Waals surface area contributed by atoms with Crippen molar-refractivity contribution in [2.75, 3.05) is 0 Å². The molecule has 0 radical (unpaired) electrons. The molecule has 5 heteroatoms. The molecular formula is C47H30N4S. The third-order valence-corrected chi connectivity index (χ3v) is 12.0. The molecule has 0 saturated carbocycles. The molecule has 52 heavy (non-hydrogen) atoms. The summed E-state index contributed by atoms with van der Waals surface area (Å²) >= 11 is 1.97. The van der Waals surface area contributed by atoms with Crippen molar-refractivity contribution in [3.8, 4) is 39.9 Å². The van der Waals surface area contributed by atoms with E-state index in [2.05, 4.69) is 138 Å². The van der Waals surface area contributed by atoms with E-state index in [1.165, 1.54) is 48.4 Å². The highest BCUT2D eigenvalue weighted by atomic mass is 32.2. The van der Waals surface area contributed by atoms with Crippen molar-refractivity contribution in [1.29, 1.82) is 0 Å². The standard InChI is InChI=1S/C47H30N4S/c1-3-15-30(16-4-1)45-48-46(31-17-5-2-6-18-31)50-47(49-45)37-28-36-33-20-10-12-25-41(33)52-44(36)43-34(37)22-13-24-39(43)51-38-23-11-9-21-35(38)42-32-19-8-7-14-29(32)26-27-40(42)51/h1-28,33,41H. The van der Waals surface area contributed by atoms with Gasteiger partial charge in [-0.15, -0.1) is 11.8 Å². The molecule has 2 atom stereocenters. The third-order valence-electron chi connectivity index (χ3n) is 10.6. The smallest absolute Gasteiger partial charge is 0.164 e. The molecule has 2 aliphatic rings. The molecule has 0 amide bonds.